The molecule has 0 amide bonds. The van der Waals surface area contributed by atoms with Gasteiger partial charge >= 0.3 is 5.97 Å². The van der Waals surface area contributed by atoms with Crippen LogP contribution in [0.2, 0.25) is 0 Å². The molecule has 22 heavy (non-hydrogen) atoms. The number of hydrogen-bond donors (Lipinski definition) is 2. The van der Waals surface area contributed by atoms with Crippen molar-refractivity contribution in [2.24, 2.45) is 0 Å². The van der Waals surface area contributed by atoms with Crippen molar-refractivity contribution < 1.29 is 14.6 Å². The Morgan fingerprint density at radius 2 is 2.14 bits per heavy atom. The molecule has 0 aliphatic rings. The number of benzene rings is 1. The van der Waals surface area contributed by atoms with Gasteiger partial charge in [0, 0.05) is 25.2 Å². The SMILES string of the molecule is CCCNCc1ccc(CN(CC)CCC(=O)O)cc1OC. The summed E-state index contributed by atoms with van der Waals surface area (Å²) in [5.41, 5.74) is 2.29. The monoisotopic (exact) mass is 308 g/mol. The smallest absolute Gasteiger partial charge is 0.304 e. The Morgan fingerprint density at radius 1 is 1.36 bits per heavy atom. The number of carboxylic acid groups (broad SMARTS) is 1. The van der Waals surface area contributed by atoms with Crippen molar-refractivity contribution in [3.8, 4) is 5.75 Å². The summed E-state index contributed by atoms with van der Waals surface area (Å²) in [4.78, 5) is 12.8. The molecule has 0 aliphatic carbocycles. The maximum atomic E-state index is 10.7. The van der Waals surface area contributed by atoms with Crippen LogP contribution in [0, 0.1) is 0 Å². The van der Waals surface area contributed by atoms with Crippen LogP contribution in [-0.2, 0) is 17.9 Å². The van der Waals surface area contributed by atoms with E-state index in [-0.39, 0.29) is 6.42 Å². The summed E-state index contributed by atoms with van der Waals surface area (Å²) >= 11 is 0. The second-order valence-electron chi connectivity index (χ2n) is 5.34. The van der Waals surface area contributed by atoms with E-state index in [1.807, 2.05) is 13.0 Å². The molecule has 2 N–H and O–H groups in total. The minimum absolute atomic E-state index is 0.171. The summed E-state index contributed by atoms with van der Waals surface area (Å²) in [5, 5.41) is 12.2. The van der Waals surface area contributed by atoms with Crippen LogP contribution in [0.1, 0.15) is 37.8 Å². The number of hydrogen-bond acceptors (Lipinski definition) is 4. The van der Waals surface area contributed by atoms with Gasteiger partial charge in [0.2, 0.25) is 0 Å². The molecule has 0 radical (unpaired) electrons. The number of carbonyl (C=O) groups is 1. The number of ether oxygens (including phenoxy) is 1. The molecule has 0 heterocycles. The third kappa shape index (κ3) is 6.45. The molecule has 0 bridgehead atoms. The van der Waals surface area contributed by atoms with Crippen LogP contribution in [0.25, 0.3) is 0 Å². The molecule has 1 aromatic rings. The molecule has 5 nitrogen and oxygen atoms in total. The second-order valence-corrected chi connectivity index (χ2v) is 5.34. The van der Waals surface area contributed by atoms with Crippen LogP contribution in [0.4, 0.5) is 0 Å². The molecule has 0 aliphatic heterocycles. The Morgan fingerprint density at radius 3 is 2.73 bits per heavy atom. The van der Waals surface area contributed by atoms with Crippen molar-refractivity contribution in [1.82, 2.24) is 10.2 Å². The summed E-state index contributed by atoms with van der Waals surface area (Å²) in [6.07, 6.45) is 1.28. The maximum absolute atomic E-state index is 10.7. The fourth-order valence-electron chi connectivity index (χ4n) is 2.29. The first-order valence-corrected chi connectivity index (χ1v) is 7.91. The van der Waals surface area contributed by atoms with Crippen molar-refractivity contribution in [3.05, 3.63) is 29.3 Å². The molecule has 0 atom stereocenters. The molecule has 0 saturated carbocycles. The molecule has 0 unspecified atom stereocenters. The first-order valence-electron chi connectivity index (χ1n) is 7.91. The standard InChI is InChI=1S/C17H28N2O3/c1-4-9-18-12-15-7-6-14(11-16(15)22-3)13-19(5-2)10-8-17(20)21/h6-7,11,18H,4-5,8-10,12-13H2,1-3H3,(H,20,21). The third-order valence-electron chi connectivity index (χ3n) is 3.59. The number of carboxylic acids is 1. The van der Waals surface area contributed by atoms with Gasteiger partial charge in [0.15, 0.2) is 0 Å². The molecule has 5 heteroatoms. The van der Waals surface area contributed by atoms with E-state index in [1.165, 1.54) is 0 Å². The molecule has 0 fully saturated rings. The Balaban J connectivity index is 2.68. The minimum Gasteiger partial charge on any atom is -0.496 e. The van der Waals surface area contributed by atoms with Gasteiger partial charge in [-0.05, 0) is 31.1 Å². The molecule has 0 spiro atoms. The number of nitrogens with zero attached hydrogens (tertiary/aromatic N) is 1. The van der Waals surface area contributed by atoms with Gasteiger partial charge in [0.25, 0.3) is 0 Å². The van der Waals surface area contributed by atoms with Crippen molar-refractivity contribution >= 4 is 5.97 Å². The number of methoxy groups -OCH3 is 1. The van der Waals surface area contributed by atoms with Crippen molar-refractivity contribution in [1.29, 1.82) is 0 Å². The van der Waals surface area contributed by atoms with E-state index in [0.29, 0.717) is 6.54 Å². The highest BCUT2D eigenvalue weighted by Gasteiger charge is 2.09. The molecular formula is C17H28N2O3. The van der Waals surface area contributed by atoms with Gasteiger partial charge in [0.1, 0.15) is 5.75 Å². The first-order chi connectivity index (χ1) is 10.6. The van der Waals surface area contributed by atoms with Crippen LogP contribution >= 0.6 is 0 Å². The Bertz CT molecular complexity index is 463. The van der Waals surface area contributed by atoms with Gasteiger partial charge in [-0.15, -0.1) is 0 Å². The predicted molar refractivity (Wildman–Crippen MR) is 88.2 cm³/mol. The van der Waals surface area contributed by atoms with Gasteiger partial charge in [-0.1, -0.05) is 26.0 Å². The van der Waals surface area contributed by atoms with E-state index in [4.69, 9.17) is 9.84 Å². The molecule has 124 valence electrons. The van der Waals surface area contributed by atoms with Crippen LogP contribution in [0.3, 0.4) is 0 Å². The lowest BCUT2D eigenvalue weighted by Crippen LogP contribution is -2.25. The van der Waals surface area contributed by atoms with Gasteiger partial charge in [-0.2, -0.15) is 0 Å². The number of nitrogens with one attached hydrogen (secondary N) is 1. The van der Waals surface area contributed by atoms with Crippen molar-refractivity contribution in [2.45, 2.75) is 39.8 Å². The molecular weight excluding hydrogens is 280 g/mol. The van der Waals surface area contributed by atoms with Gasteiger partial charge in [0.05, 0.1) is 13.5 Å². The Hall–Kier alpha value is -1.59. The fraction of sp³-hybridized carbons (Fsp3) is 0.588. The number of aliphatic carboxylic acids is 1. The van der Waals surface area contributed by atoms with Crippen LogP contribution < -0.4 is 10.1 Å². The predicted octanol–water partition coefficient (Wildman–Crippen LogP) is 2.49. The van der Waals surface area contributed by atoms with Crippen molar-refractivity contribution in [3.63, 3.8) is 0 Å². The van der Waals surface area contributed by atoms with E-state index in [9.17, 15) is 4.79 Å². The summed E-state index contributed by atoms with van der Waals surface area (Å²) < 4.78 is 5.48. The van der Waals surface area contributed by atoms with Gasteiger partial charge in [-0.25, -0.2) is 0 Å². The van der Waals surface area contributed by atoms with Gasteiger partial charge < -0.3 is 15.2 Å². The summed E-state index contributed by atoms with van der Waals surface area (Å²) in [6, 6.07) is 6.23. The highest BCUT2D eigenvalue weighted by atomic mass is 16.5. The molecule has 0 saturated heterocycles. The minimum atomic E-state index is -0.756. The Kier molecular flexibility index (Phi) is 8.55. The lowest BCUT2D eigenvalue weighted by molar-refractivity contribution is -0.137. The lowest BCUT2D eigenvalue weighted by Gasteiger charge is -2.20. The van der Waals surface area contributed by atoms with E-state index >= 15 is 0 Å². The lowest BCUT2D eigenvalue weighted by atomic mass is 10.1. The highest BCUT2D eigenvalue weighted by Crippen LogP contribution is 2.21. The second kappa shape index (κ2) is 10.2. The summed E-state index contributed by atoms with van der Waals surface area (Å²) in [7, 11) is 1.68. The van der Waals surface area contributed by atoms with Crippen LogP contribution in [-0.4, -0.2) is 42.7 Å². The van der Waals surface area contributed by atoms with E-state index < -0.39 is 5.97 Å². The fourth-order valence-corrected chi connectivity index (χ4v) is 2.29. The highest BCUT2D eigenvalue weighted by molar-refractivity contribution is 5.66. The van der Waals surface area contributed by atoms with E-state index in [2.05, 4.69) is 29.3 Å². The summed E-state index contributed by atoms with van der Waals surface area (Å²) in [5.74, 6) is 0.128. The zero-order valence-electron chi connectivity index (χ0n) is 13.9. The average Bonchev–Trinajstić information content (AvgIpc) is 2.52. The summed E-state index contributed by atoms with van der Waals surface area (Å²) in [6.45, 7) is 8.11. The molecule has 0 aromatic heterocycles. The topological polar surface area (TPSA) is 61.8 Å². The van der Waals surface area contributed by atoms with E-state index in [0.717, 1.165) is 49.5 Å². The van der Waals surface area contributed by atoms with Gasteiger partial charge in [-0.3, -0.25) is 9.69 Å². The zero-order chi connectivity index (χ0) is 16.4. The van der Waals surface area contributed by atoms with Crippen LogP contribution in [0.5, 0.6) is 5.75 Å². The quantitative estimate of drug-likeness (QED) is 0.615. The largest absolute Gasteiger partial charge is 0.496 e. The average molecular weight is 308 g/mol. The normalized spacial score (nSPS) is 10.9. The molecule has 1 rings (SSSR count). The van der Waals surface area contributed by atoms with Crippen LogP contribution in [0.15, 0.2) is 18.2 Å². The third-order valence-corrected chi connectivity index (χ3v) is 3.59. The Labute approximate surface area is 133 Å². The first kappa shape index (κ1) is 18.5. The van der Waals surface area contributed by atoms with E-state index in [1.54, 1.807) is 7.11 Å². The maximum Gasteiger partial charge on any atom is 0.304 e. The zero-order valence-corrected chi connectivity index (χ0v) is 13.9. The molecule has 1 aromatic carbocycles. The van der Waals surface area contributed by atoms with Crippen molar-refractivity contribution in [2.75, 3.05) is 26.7 Å². The number of rotatable bonds is 11.